The molecular formula is C14H21N3O3. The van der Waals surface area contributed by atoms with Crippen molar-refractivity contribution in [3.8, 4) is 11.8 Å². The van der Waals surface area contributed by atoms with E-state index >= 15 is 0 Å². The van der Waals surface area contributed by atoms with E-state index in [0.29, 0.717) is 24.7 Å². The van der Waals surface area contributed by atoms with Gasteiger partial charge in [0, 0.05) is 31.5 Å². The van der Waals surface area contributed by atoms with Crippen molar-refractivity contribution < 1.29 is 14.3 Å². The van der Waals surface area contributed by atoms with Gasteiger partial charge in [-0.15, -0.1) is 10.2 Å². The molecule has 0 bridgehead atoms. The Hall–Kier alpha value is -1.85. The molecule has 0 N–H and O–H groups in total. The van der Waals surface area contributed by atoms with Crippen molar-refractivity contribution in [2.45, 2.75) is 38.7 Å². The molecule has 1 aliphatic rings. The monoisotopic (exact) mass is 279 g/mol. The van der Waals surface area contributed by atoms with Gasteiger partial charge in [-0.25, -0.2) is 0 Å². The first kappa shape index (κ1) is 14.6. The molecule has 2 heterocycles. The predicted octanol–water partition coefficient (Wildman–Crippen LogP) is 1.66. The van der Waals surface area contributed by atoms with E-state index in [9.17, 15) is 4.79 Å². The summed E-state index contributed by atoms with van der Waals surface area (Å²) < 4.78 is 10.7. The van der Waals surface area contributed by atoms with Gasteiger partial charge in [0.05, 0.1) is 13.7 Å². The highest BCUT2D eigenvalue weighted by Crippen LogP contribution is 2.18. The van der Waals surface area contributed by atoms with Crippen molar-refractivity contribution in [1.29, 1.82) is 0 Å². The van der Waals surface area contributed by atoms with Gasteiger partial charge in [-0.1, -0.05) is 13.3 Å². The highest BCUT2D eigenvalue weighted by molar-refractivity contribution is 5.76. The first-order valence-corrected chi connectivity index (χ1v) is 7.05. The van der Waals surface area contributed by atoms with Gasteiger partial charge in [0.25, 0.3) is 0 Å². The molecule has 1 fully saturated rings. The average molecular weight is 279 g/mol. The zero-order valence-electron chi connectivity index (χ0n) is 12.0. The molecule has 1 amide bonds. The first-order chi connectivity index (χ1) is 9.72. The number of hydrogen-bond donors (Lipinski definition) is 0. The van der Waals surface area contributed by atoms with Gasteiger partial charge in [0.15, 0.2) is 0 Å². The van der Waals surface area contributed by atoms with Crippen molar-refractivity contribution >= 4 is 5.91 Å². The highest BCUT2D eigenvalue weighted by atomic mass is 16.5. The summed E-state index contributed by atoms with van der Waals surface area (Å²) in [4.78, 5) is 13.8. The number of nitrogens with zero attached hydrogens (tertiary/aromatic N) is 3. The van der Waals surface area contributed by atoms with Gasteiger partial charge >= 0.3 is 0 Å². The summed E-state index contributed by atoms with van der Waals surface area (Å²) in [5, 5.41) is 7.79. The van der Waals surface area contributed by atoms with Crippen molar-refractivity contribution in [3.05, 3.63) is 12.1 Å². The van der Waals surface area contributed by atoms with E-state index in [1.807, 2.05) is 4.90 Å². The Morgan fingerprint density at radius 1 is 1.40 bits per heavy atom. The maximum atomic E-state index is 11.9. The van der Waals surface area contributed by atoms with Crippen LogP contribution in [0, 0.1) is 0 Å². The van der Waals surface area contributed by atoms with E-state index in [0.717, 1.165) is 25.8 Å². The van der Waals surface area contributed by atoms with Gasteiger partial charge in [0.1, 0.15) is 6.10 Å². The Morgan fingerprint density at radius 3 is 2.80 bits per heavy atom. The molecule has 0 aliphatic carbocycles. The SMILES string of the molecule is CCCCC(=O)N1CCC(Oc2ccc(OC)nn2)C1. The molecule has 1 unspecified atom stereocenters. The zero-order chi connectivity index (χ0) is 14.4. The maximum Gasteiger partial charge on any atom is 0.233 e. The summed E-state index contributed by atoms with van der Waals surface area (Å²) in [6, 6.07) is 3.44. The first-order valence-electron chi connectivity index (χ1n) is 7.05. The van der Waals surface area contributed by atoms with Gasteiger partial charge in [0.2, 0.25) is 17.7 Å². The number of unbranched alkanes of at least 4 members (excludes halogenated alkanes) is 1. The quantitative estimate of drug-likeness (QED) is 0.792. The van der Waals surface area contributed by atoms with Gasteiger partial charge in [-0.05, 0) is 6.42 Å². The minimum atomic E-state index is 0.00303. The number of hydrogen-bond acceptors (Lipinski definition) is 5. The molecule has 1 aromatic heterocycles. The smallest absolute Gasteiger partial charge is 0.233 e. The second-order valence-corrected chi connectivity index (χ2v) is 4.89. The van der Waals surface area contributed by atoms with Crippen LogP contribution in [0.25, 0.3) is 0 Å². The van der Waals surface area contributed by atoms with Crippen molar-refractivity contribution in [2.75, 3.05) is 20.2 Å². The van der Waals surface area contributed by atoms with Crippen LogP contribution in [0.3, 0.4) is 0 Å². The van der Waals surface area contributed by atoms with E-state index in [1.54, 1.807) is 19.2 Å². The molecule has 110 valence electrons. The molecule has 2 rings (SSSR count). The Morgan fingerprint density at radius 2 is 2.15 bits per heavy atom. The molecule has 1 atom stereocenters. The molecule has 0 spiro atoms. The van der Waals surface area contributed by atoms with E-state index in [1.165, 1.54) is 0 Å². The van der Waals surface area contributed by atoms with Crippen molar-refractivity contribution in [3.63, 3.8) is 0 Å². The van der Waals surface area contributed by atoms with Crippen molar-refractivity contribution in [2.24, 2.45) is 0 Å². The Kier molecular flexibility index (Phi) is 5.15. The third-order valence-electron chi connectivity index (χ3n) is 3.35. The molecule has 1 saturated heterocycles. The standard InChI is InChI=1S/C14H21N3O3/c1-3-4-5-14(18)17-9-8-11(10-17)20-13-7-6-12(19-2)15-16-13/h6-7,11H,3-5,8-10H2,1-2H3. The molecule has 0 radical (unpaired) electrons. The molecule has 0 saturated carbocycles. The number of rotatable bonds is 6. The fourth-order valence-electron chi connectivity index (χ4n) is 2.19. The van der Waals surface area contributed by atoms with Crippen LogP contribution in [0.15, 0.2) is 12.1 Å². The van der Waals surface area contributed by atoms with Crippen molar-refractivity contribution in [1.82, 2.24) is 15.1 Å². The summed E-state index contributed by atoms with van der Waals surface area (Å²) in [5.74, 6) is 1.15. The summed E-state index contributed by atoms with van der Waals surface area (Å²) in [6.07, 6.45) is 3.46. The number of methoxy groups -OCH3 is 1. The maximum absolute atomic E-state index is 11.9. The molecule has 6 heteroatoms. The molecule has 20 heavy (non-hydrogen) atoms. The predicted molar refractivity (Wildman–Crippen MR) is 73.7 cm³/mol. The van der Waals surface area contributed by atoms with Crippen LogP contribution < -0.4 is 9.47 Å². The second-order valence-electron chi connectivity index (χ2n) is 4.89. The lowest BCUT2D eigenvalue weighted by molar-refractivity contribution is -0.130. The zero-order valence-corrected chi connectivity index (χ0v) is 12.0. The van der Waals surface area contributed by atoms with E-state index in [4.69, 9.17) is 9.47 Å². The lowest BCUT2D eigenvalue weighted by Crippen LogP contribution is -2.30. The van der Waals surface area contributed by atoms with Gasteiger partial charge in [-0.2, -0.15) is 0 Å². The fourth-order valence-corrected chi connectivity index (χ4v) is 2.19. The normalized spacial score (nSPS) is 18.1. The highest BCUT2D eigenvalue weighted by Gasteiger charge is 2.27. The van der Waals surface area contributed by atoms with Crippen LogP contribution in [-0.4, -0.2) is 47.3 Å². The van der Waals surface area contributed by atoms with Crippen LogP contribution in [-0.2, 0) is 4.79 Å². The summed E-state index contributed by atoms with van der Waals surface area (Å²) in [7, 11) is 1.54. The largest absolute Gasteiger partial charge is 0.480 e. The number of likely N-dealkylation sites (tertiary alicyclic amines) is 1. The van der Waals surface area contributed by atoms with Gasteiger partial charge in [-0.3, -0.25) is 4.79 Å². The summed E-state index contributed by atoms with van der Waals surface area (Å²) in [5.41, 5.74) is 0. The third-order valence-corrected chi connectivity index (χ3v) is 3.35. The molecule has 6 nitrogen and oxygen atoms in total. The minimum Gasteiger partial charge on any atom is -0.480 e. The number of amides is 1. The van der Waals surface area contributed by atoms with Crippen LogP contribution in [0.4, 0.5) is 0 Å². The Balaban J connectivity index is 1.81. The number of carbonyl (C=O) groups is 1. The summed E-state index contributed by atoms with van der Waals surface area (Å²) in [6.45, 7) is 3.48. The number of carbonyl (C=O) groups excluding carboxylic acids is 1. The number of aromatic nitrogens is 2. The summed E-state index contributed by atoms with van der Waals surface area (Å²) >= 11 is 0. The van der Waals surface area contributed by atoms with Crippen LogP contribution in [0.1, 0.15) is 32.6 Å². The minimum absolute atomic E-state index is 0.00303. The van der Waals surface area contributed by atoms with E-state index in [-0.39, 0.29) is 12.0 Å². The average Bonchev–Trinajstić information content (AvgIpc) is 2.94. The van der Waals surface area contributed by atoms with Crippen LogP contribution in [0.2, 0.25) is 0 Å². The van der Waals surface area contributed by atoms with Gasteiger partial charge < -0.3 is 14.4 Å². The fraction of sp³-hybridized carbons (Fsp3) is 0.643. The van der Waals surface area contributed by atoms with E-state index < -0.39 is 0 Å². The lowest BCUT2D eigenvalue weighted by Gasteiger charge is -2.16. The number of ether oxygens (including phenoxy) is 2. The van der Waals surface area contributed by atoms with E-state index in [2.05, 4.69) is 17.1 Å². The topological polar surface area (TPSA) is 64.6 Å². The van der Waals surface area contributed by atoms with Crippen LogP contribution >= 0.6 is 0 Å². The lowest BCUT2D eigenvalue weighted by atomic mass is 10.2. The molecule has 1 aliphatic heterocycles. The molecule has 0 aromatic carbocycles. The van der Waals surface area contributed by atoms with Crippen LogP contribution in [0.5, 0.6) is 11.8 Å². The second kappa shape index (κ2) is 7.07. The molecular weight excluding hydrogens is 258 g/mol. The molecule has 1 aromatic rings. The Labute approximate surface area is 119 Å². The third kappa shape index (κ3) is 3.82. The Bertz CT molecular complexity index is 436.